The van der Waals surface area contributed by atoms with Gasteiger partial charge in [0.05, 0.1) is 19.8 Å². The number of quaternary nitrogens is 1. The summed E-state index contributed by atoms with van der Waals surface area (Å²) < 4.78 is 10.9. The minimum absolute atomic E-state index is 0.0381. The summed E-state index contributed by atoms with van der Waals surface area (Å²) in [4.78, 5) is 26.6. The van der Waals surface area contributed by atoms with Crippen molar-refractivity contribution in [1.29, 1.82) is 0 Å². The van der Waals surface area contributed by atoms with Gasteiger partial charge in [-0.1, -0.05) is 29.8 Å². The van der Waals surface area contributed by atoms with Crippen molar-refractivity contribution in [1.82, 2.24) is 5.32 Å². The van der Waals surface area contributed by atoms with Crippen LogP contribution in [0.3, 0.4) is 0 Å². The highest BCUT2D eigenvalue weighted by molar-refractivity contribution is 5.98. The fourth-order valence-corrected chi connectivity index (χ4v) is 3.75. The van der Waals surface area contributed by atoms with Gasteiger partial charge in [0.25, 0.3) is 0 Å². The van der Waals surface area contributed by atoms with E-state index < -0.39 is 0 Å². The molecule has 1 aliphatic rings. The average Bonchev–Trinajstić information content (AvgIpc) is 2.79. The lowest BCUT2D eigenvalue weighted by Crippen LogP contribution is -3.14. The minimum atomic E-state index is -0.0995. The van der Waals surface area contributed by atoms with Gasteiger partial charge < -0.3 is 19.7 Å². The van der Waals surface area contributed by atoms with E-state index in [1.807, 2.05) is 6.92 Å². The first-order chi connectivity index (χ1) is 15.0. The quantitative estimate of drug-likeness (QED) is 0.573. The molecular formula is C25H33N2O4+. The van der Waals surface area contributed by atoms with Gasteiger partial charge in [-0.25, -0.2) is 0 Å². The molecule has 2 N–H and O–H groups in total. The van der Waals surface area contributed by atoms with Crippen LogP contribution in [-0.4, -0.2) is 51.1 Å². The SMILES string of the molecule is CCOc1ccc(C(=O)CCC(=O)N[C@H](C[NH+]2CCOCC2)c2ccc(C)cc2)cc1. The molecule has 31 heavy (non-hydrogen) atoms. The molecule has 2 aromatic carbocycles. The first-order valence-electron chi connectivity index (χ1n) is 11.1. The van der Waals surface area contributed by atoms with Crippen LogP contribution in [0.2, 0.25) is 0 Å². The molecule has 1 fully saturated rings. The van der Waals surface area contributed by atoms with Gasteiger partial charge in [-0.15, -0.1) is 0 Å². The van der Waals surface area contributed by atoms with E-state index >= 15 is 0 Å². The summed E-state index contributed by atoms with van der Waals surface area (Å²) in [7, 11) is 0. The van der Waals surface area contributed by atoms with E-state index in [1.165, 1.54) is 10.5 Å². The van der Waals surface area contributed by atoms with E-state index in [-0.39, 0.29) is 30.6 Å². The molecule has 6 heteroatoms. The van der Waals surface area contributed by atoms with Gasteiger partial charge in [-0.05, 0) is 43.7 Å². The molecule has 1 amide bonds. The molecule has 6 nitrogen and oxygen atoms in total. The summed E-state index contributed by atoms with van der Waals surface area (Å²) in [6.45, 7) is 8.75. The van der Waals surface area contributed by atoms with E-state index in [4.69, 9.17) is 9.47 Å². The summed E-state index contributed by atoms with van der Waals surface area (Å²) in [5.74, 6) is 0.602. The summed E-state index contributed by atoms with van der Waals surface area (Å²) in [6.07, 6.45) is 0.359. The number of hydrogen-bond donors (Lipinski definition) is 2. The summed E-state index contributed by atoms with van der Waals surface area (Å²) >= 11 is 0. The van der Waals surface area contributed by atoms with E-state index in [2.05, 4.69) is 36.5 Å². The van der Waals surface area contributed by atoms with Crippen molar-refractivity contribution in [2.45, 2.75) is 32.7 Å². The van der Waals surface area contributed by atoms with E-state index in [1.54, 1.807) is 24.3 Å². The van der Waals surface area contributed by atoms with E-state index in [9.17, 15) is 9.59 Å². The zero-order valence-corrected chi connectivity index (χ0v) is 18.5. The van der Waals surface area contributed by atoms with Crippen LogP contribution in [-0.2, 0) is 9.53 Å². The molecule has 0 aliphatic carbocycles. The number of aryl methyl sites for hydroxylation is 1. The maximum Gasteiger partial charge on any atom is 0.221 e. The van der Waals surface area contributed by atoms with Crippen molar-refractivity contribution in [3.05, 3.63) is 65.2 Å². The summed E-state index contributed by atoms with van der Waals surface area (Å²) in [6, 6.07) is 15.3. The number of hydrogen-bond acceptors (Lipinski definition) is 4. The number of ketones is 1. The maximum atomic E-state index is 12.7. The fraction of sp³-hybridized carbons (Fsp3) is 0.440. The summed E-state index contributed by atoms with van der Waals surface area (Å²) in [5, 5.41) is 3.16. The Morgan fingerprint density at radius 1 is 1.03 bits per heavy atom. The number of morpholine rings is 1. The monoisotopic (exact) mass is 425 g/mol. The second kappa shape index (κ2) is 11.6. The van der Waals surface area contributed by atoms with Gasteiger partial charge in [-0.3, -0.25) is 9.59 Å². The molecule has 1 aliphatic heterocycles. The van der Waals surface area contributed by atoms with E-state index in [0.717, 1.165) is 44.2 Å². The van der Waals surface area contributed by atoms with Crippen LogP contribution in [0, 0.1) is 6.92 Å². The molecule has 166 valence electrons. The number of rotatable bonds is 10. The van der Waals surface area contributed by atoms with E-state index in [0.29, 0.717) is 12.2 Å². The molecule has 1 atom stereocenters. The molecule has 0 spiro atoms. The van der Waals surface area contributed by atoms with Crippen LogP contribution >= 0.6 is 0 Å². The third-order valence-corrected chi connectivity index (χ3v) is 5.57. The largest absolute Gasteiger partial charge is 0.494 e. The Labute approximate surface area is 184 Å². The van der Waals surface area contributed by atoms with Crippen molar-refractivity contribution in [3.63, 3.8) is 0 Å². The zero-order chi connectivity index (χ0) is 22.1. The third-order valence-electron chi connectivity index (χ3n) is 5.57. The highest BCUT2D eigenvalue weighted by Crippen LogP contribution is 2.16. The Balaban J connectivity index is 1.57. The first-order valence-corrected chi connectivity index (χ1v) is 11.1. The number of nitrogens with one attached hydrogen (secondary N) is 2. The number of carbonyl (C=O) groups is 2. The third kappa shape index (κ3) is 7.19. The normalized spacial score (nSPS) is 15.3. The van der Waals surface area contributed by atoms with Gasteiger partial charge in [-0.2, -0.15) is 0 Å². The van der Waals surface area contributed by atoms with Crippen molar-refractivity contribution in [3.8, 4) is 5.75 Å². The molecule has 2 aromatic rings. The Morgan fingerprint density at radius 2 is 1.71 bits per heavy atom. The van der Waals surface area contributed by atoms with Crippen molar-refractivity contribution >= 4 is 11.7 Å². The minimum Gasteiger partial charge on any atom is -0.494 e. The molecule has 1 saturated heterocycles. The smallest absolute Gasteiger partial charge is 0.221 e. The Hall–Kier alpha value is -2.70. The molecule has 0 bridgehead atoms. The summed E-state index contributed by atoms with van der Waals surface area (Å²) in [5.41, 5.74) is 2.88. The number of amides is 1. The van der Waals surface area contributed by atoms with Gasteiger partial charge in [0.2, 0.25) is 5.91 Å². The van der Waals surface area contributed by atoms with Gasteiger partial charge in [0, 0.05) is 18.4 Å². The van der Waals surface area contributed by atoms with Crippen molar-refractivity contribution in [2.24, 2.45) is 0 Å². The Kier molecular flexibility index (Phi) is 8.62. The Bertz CT molecular complexity index is 843. The van der Waals surface area contributed by atoms with Crippen LogP contribution in [0.25, 0.3) is 0 Å². The molecular weight excluding hydrogens is 392 g/mol. The number of benzene rings is 2. The van der Waals surface area contributed by atoms with Crippen LogP contribution in [0.5, 0.6) is 5.75 Å². The molecule has 0 unspecified atom stereocenters. The standard InChI is InChI=1S/C25H32N2O4/c1-3-31-22-10-8-21(9-11-22)24(28)12-13-25(29)26-23(18-27-14-16-30-17-15-27)20-6-4-19(2)5-7-20/h4-11,23H,3,12-18H2,1-2H3,(H,26,29)/p+1/t23-/m1/s1. The molecule has 1 heterocycles. The molecule has 0 radical (unpaired) electrons. The number of Topliss-reactive ketones (excluding diaryl/α,β-unsaturated/α-hetero) is 1. The fourth-order valence-electron chi connectivity index (χ4n) is 3.75. The maximum absolute atomic E-state index is 12.7. The van der Waals surface area contributed by atoms with Gasteiger partial charge in [0.1, 0.15) is 31.4 Å². The van der Waals surface area contributed by atoms with Crippen LogP contribution < -0.4 is 15.0 Å². The van der Waals surface area contributed by atoms with Gasteiger partial charge in [0.15, 0.2) is 5.78 Å². The highest BCUT2D eigenvalue weighted by atomic mass is 16.5. The Morgan fingerprint density at radius 3 is 2.35 bits per heavy atom. The predicted octanol–water partition coefficient (Wildman–Crippen LogP) is 2.13. The molecule has 0 saturated carbocycles. The first kappa shape index (κ1) is 23.0. The average molecular weight is 426 g/mol. The van der Waals surface area contributed by atoms with Crippen LogP contribution in [0.15, 0.2) is 48.5 Å². The van der Waals surface area contributed by atoms with Crippen LogP contribution in [0.4, 0.5) is 0 Å². The molecule has 3 rings (SSSR count). The topological polar surface area (TPSA) is 69.1 Å². The zero-order valence-electron chi connectivity index (χ0n) is 18.5. The van der Waals surface area contributed by atoms with Crippen molar-refractivity contribution < 1.29 is 24.0 Å². The lowest BCUT2D eigenvalue weighted by atomic mass is 10.0. The molecule has 0 aromatic heterocycles. The number of carbonyl (C=O) groups excluding carboxylic acids is 2. The van der Waals surface area contributed by atoms with Crippen molar-refractivity contribution in [2.75, 3.05) is 39.5 Å². The second-order valence-corrected chi connectivity index (χ2v) is 7.98. The van der Waals surface area contributed by atoms with Gasteiger partial charge >= 0.3 is 0 Å². The number of ether oxygens (including phenoxy) is 2. The lowest BCUT2D eigenvalue weighted by molar-refractivity contribution is -0.909. The highest BCUT2D eigenvalue weighted by Gasteiger charge is 2.23. The second-order valence-electron chi connectivity index (χ2n) is 7.98. The van der Waals surface area contributed by atoms with Crippen LogP contribution in [0.1, 0.15) is 47.3 Å². The lowest BCUT2D eigenvalue weighted by Gasteiger charge is -2.28. The predicted molar refractivity (Wildman–Crippen MR) is 120 cm³/mol.